The Morgan fingerprint density at radius 3 is 2.80 bits per heavy atom. The molecular weight excluding hydrogens is 194 g/mol. The fourth-order valence-corrected chi connectivity index (χ4v) is 1.08. The number of aliphatic carboxylic acids is 1. The number of carboxylic acids is 1. The Bertz CT molecular complexity index is 361. The molecule has 1 aromatic carbocycles. The zero-order valence-corrected chi connectivity index (χ0v) is 8.18. The van der Waals surface area contributed by atoms with Crippen LogP contribution in [0.3, 0.4) is 0 Å². The molecule has 3 N–H and O–H groups in total. The van der Waals surface area contributed by atoms with Gasteiger partial charge in [0.15, 0.2) is 0 Å². The summed E-state index contributed by atoms with van der Waals surface area (Å²) in [5.41, 5.74) is 0.717. The number of phenolic OH excluding ortho intramolecular Hbond substituents is 1. The highest BCUT2D eigenvalue weighted by atomic mass is 16.4. The summed E-state index contributed by atoms with van der Waals surface area (Å²) in [6, 6.07) is 6.95. The Labute approximate surface area is 87.9 Å². The fourth-order valence-electron chi connectivity index (χ4n) is 1.08. The van der Waals surface area contributed by atoms with Crippen molar-refractivity contribution in [3.8, 4) is 5.75 Å². The summed E-state index contributed by atoms with van der Waals surface area (Å²) < 4.78 is 0. The average Bonchev–Trinajstić information content (AvgIpc) is 2.20. The summed E-state index contributed by atoms with van der Waals surface area (Å²) in [7, 11) is 0. The molecular formula is C11H13NO3. The maximum atomic E-state index is 10.2. The van der Waals surface area contributed by atoms with Gasteiger partial charge in [-0.2, -0.15) is 0 Å². The SMILES string of the molecule is O=C(O)CNCC=Cc1ccccc1O. The number of rotatable bonds is 5. The minimum atomic E-state index is -0.883. The second-order valence-corrected chi connectivity index (χ2v) is 2.99. The normalized spacial score (nSPS) is 10.7. The molecule has 0 heterocycles. The molecule has 0 saturated carbocycles. The Kier molecular flexibility index (Phi) is 4.37. The van der Waals surface area contributed by atoms with E-state index < -0.39 is 5.97 Å². The topological polar surface area (TPSA) is 69.6 Å². The summed E-state index contributed by atoms with van der Waals surface area (Å²) in [6.07, 6.45) is 3.50. The van der Waals surface area contributed by atoms with Crippen LogP contribution in [0.5, 0.6) is 5.75 Å². The first kappa shape index (κ1) is 11.3. The van der Waals surface area contributed by atoms with Crippen LogP contribution in [0.25, 0.3) is 6.08 Å². The summed E-state index contributed by atoms with van der Waals surface area (Å²) in [4.78, 5) is 10.2. The van der Waals surface area contributed by atoms with Crippen LogP contribution >= 0.6 is 0 Å². The molecule has 1 rings (SSSR count). The standard InChI is InChI=1S/C11H13NO3/c13-10-6-2-1-4-9(10)5-3-7-12-8-11(14)15/h1-6,12-13H,7-8H2,(H,14,15). The van der Waals surface area contributed by atoms with Gasteiger partial charge in [-0.15, -0.1) is 0 Å². The highest BCUT2D eigenvalue weighted by Gasteiger charge is 1.94. The highest BCUT2D eigenvalue weighted by Crippen LogP contribution is 2.16. The van der Waals surface area contributed by atoms with Crippen molar-refractivity contribution in [2.45, 2.75) is 0 Å². The van der Waals surface area contributed by atoms with Crippen LogP contribution in [-0.2, 0) is 4.79 Å². The zero-order valence-electron chi connectivity index (χ0n) is 8.18. The molecule has 0 unspecified atom stereocenters. The summed E-state index contributed by atoms with van der Waals surface area (Å²) >= 11 is 0. The predicted molar refractivity (Wildman–Crippen MR) is 57.6 cm³/mol. The molecule has 0 aliphatic carbocycles. The number of phenols is 1. The smallest absolute Gasteiger partial charge is 0.317 e. The van der Waals surface area contributed by atoms with Crippen molar-refractivity contribution in [3.05, 3.63) is 35.9 Å². The molecule has 0 saturated heterocycles. The molecule has 0 bridgehead atoms. The van der Waals surface area contributed by atoms with Gasteiger partial charge in [0.05, 0.1) is 6.54 Å². The van der Waals surface area contributed by atoms with Crippen LogP contribution < -0.4 is 5.32 Å². The molecule has 0 radical (unpaired) electrons. The van der Waals surface area contributed by atoms with Crippen LogP contribution in [0.1, 0.15) is 5.56 Å². The van der Waals surface area contributed by atoms with Gasteiger partial charge >= 0.3 is 5.97 Å². The Morgan fingerprint density at radius 2 is 2.13 bits per heavy atom. The van der Waals surface area contributed by atoms with Crippen molar-refractivity contribution in [3.63, 3.8) is 0 Å². The van der Waals surface area contributed by atoms with Gasteiger partial charge in [0.1, 0.15) is 5.75 Å². The van der Waals surface area contributed by atoms with Gasteiger partial charge < -0.3 is 15.5 Å². The third-order valence-electron chi connectivity index (χ3n) is 1.77. The number of benzene rings is 1. The maximum Gasteiger partial charge on any atom is 0.317 e. The second-order valence-electron chi connectivity index (χ2n) is 2.99. The number of para-hydroxylation sites is 1. The van der Waals surface area contributed by atoms with E-state index in [9.17, 15) is 9.90 Å². The number of aromatic hydroxyl groups is 1. The lowest BCUT2D eigenvalue weighted by Crippen LogP contribution is -2.22. The Morgan fingerprint density at radius 1 is 1.40 bits per heavy atom. The minimum absolute atomic E-state index is 0.0644. The number of carbonyl (C=O) groups is 1. The lowest BCUT2D eigenvalue weighted by atomic mass is 10.2. The van der Waals surface area contributed by atoms with Crippen molar-refractivity contribution in [1.82, 2.24) is 5.32 Å². The minimum Gasteiger partial charge on any atom is -0.507 e. The van der Waals surface area contributed by atoms with Crippen molar-refractivity contribution < 1.29 is 15.0 Å². The van der Waals surface area contributed by atoms with Crippen molar-refractivity contribution in [2.24, 2.45) is 0 Å². The molecule has 0 aromatic heterocycles. The molecule has 0 aliphatic heterocycles. The van der Waals surface area contributed by atoms with Gasteiger partial charge in [0.25, 0.3) is 0 Å². The third kappa shape index (κ3) is 4.28. The van der Waals surface area contributed by atoms with E-state index >= 15 is 0 Å². The van der Waals surface area contributed by atoms with Crippen molar-refractivity contribution in [2.75, 3.05) is 13.1 Å². The monoisotopic (exact) mass is 207 g/mol. The molecule has 0 amide bonds. The van der Waals surface area contributed by atoms with E-state index in [0.717, 1.165) is 5.56 Å². The summed E-state index contributed by atoms with van der Waals surface area (Å²) in [6.45, 7) is 0.395. The van der Waals surface area contributed by atoms with Gasteiger partial charge in [-0.25, -0.2) is 0 Å². The molecule has 1 aromatic rings. The first-order chi connectivity index (χ1) is 7.20. The molecule has 0 atom stereocenters. The van der Waals surface area contributed by atoms with E-state index in [1.807, 2.05) is 6.07 Å². The zero-order chi connectivity index (χ0) is 11.1. The number of carboxylic acid groups (broad SMARTS) is 1. The first-order valence-corrected chi connectivity index (χ1v) is 4.57. The molecule has 4 nitrogen and oxygen atoms in total. The van der Waals surface area contributed by atoms with Crippen LogP contribution in [0.4, 0.5) is 0 Å². The van der Waals surface area contributed by atoms with Gasteiger partial charge in [-0.1, -0.05) is 30.4 Å². The molecule has 80 valence electrons. The molecule has 0 fully saturated rings. The first-order valence-electron chi connectivity index (χ1n) is 4.57. The van der Waals surface area contributed by atoms with Crippen LogP contribution in [0, 0.1) is 0 Å². The second kappa shape index (κ2) is 5.82. The Balaban J connectivity index is 2.38. The molecule has 0 aliphatic rings. The lowest BCUT2D eigenvalue weighted by molar-refractivity contribution is -0.135. The van der Waals surface area contributed by atoms with Crippen molar-refractivity contribution >= 4 is 12.0 Å². The van der Waals surface area contributed by atoms with Gasteiger partial charge in [0, 0.05) is 12.1 Å². The predicted octanol–water partition coefficient (Wildman–Crippen LogP) is 1.08. The van der Waals surface area contributed by atoms with E-state index in [4.69, 9.17) is 5.11 Å². The largest absolute Gasteiger partial charge is 0.507 e. The maximum absolute atomic E-state index is 10.2. The van der Waals surface area contributed by atoms with Gasteiger partial charge in [-0.3, -0.25) is 4.79 Å². The summed E-state index contributed by atoms with van der Waals surface area (Å²) in [5.74, 6) is -0.669. The molecule has 0 spiro atoms. The molecule has 4 heteroatoms. The van der Waals surface area contributed by atoms with Crippen LogP contribution in [0.2, 0.25) is 0 Å². The van der Waals surface area contributed by atoms with Crippen LogP contribution in [-0.4, -0.2) is 29.3 Å². The van der Waals surface area contributed by atoms with Gasteiger partial charge in [0.2, 0.25) is 0 Å². The number of hydrogen-bond acceptors (Lipinski definition) is 3. The summed E-state index contributed by atoms with van der Waals surface area (Å²) in [5, 5.41) is 20.4. The van der Waals surface area contributed by atoms with E-state index in [1.165, 1.54) is 0 Å². The average molecular weight is 207 g/mol. The van der Waals surface area contributed by atoms with E-state index in [2.05, 4.69) is 5.32 Å². The fraction of sp³-hybridized carbons (Fsp3) is 0.182. The van der Waals surface area contributed by atoms with Crippen molar-refractivity contribution in [1.29, 1.82) is 0 Å². The molecule has 15 heavy (non-hydrogen) atoms. The quantitative estimate of drug-likeness (QED) is 0.632. The van der Waals surface area contributed by atoms with E-state index in [0.29, 0.717) is 6.54 Å². The third-order valence-corrected chi connectivity index (χ3v) is 1.77. The highest BCUT2D eigenvalue weighted by molar-refractivity contribution is 5.69. The number of hydrogen-bond donors (Lipinski definition) is 3. The lowest BCUT2D eigenvalue weighted by Gasteiger charge is -1.98. The Hall–Kier alpha value is -1.81. The van der Waals surface area contributed by atoms with E-state index in [1.54, 1.807) is 30.4 Å². The van der Waals surface area contributed by atoms with E-state index in [-0.39, 0.29) is 12.3 Å². The van der Waals surface area contributed by atoms with Gasteiger partial charge in [-0.05, 0) is 6.07 Å². The van der Waals surface area contributed by atoms with Crippen LogP contribution in [0.15, 0.2) is 30.3 Å². The number of nitrogens with one attached hydrogen (secondary N) is 1.